The van der Waals surface area contributed by atoms with E-state index in [4.69, 9.17) is 21.9 Å². The Bertz CT molecular complexity index is 678. The molecule has 0 aliphatic rings. The van der Waals surface area contributed by atoms with Gasteiger partial charge in [-0.15, -0.1) is 0 Å². The summed E-state index contributed by atoms with van der Waals surface area (Å²) >= 11 is 5.93. The minimum absolute atomic E-state index is 0.285. The van der Waals surface area contributed by atoms with Crippen LogP contribution >= 0.6 is 11.6 Å². The number of para-hydroxylation sites is 1. The van der Waals surface area contributed by atoms with Gasteiger partial charge in [0.1, 0.15) is 0 Å². The topological polar surface area (TPSA) is 107 Å². The molecule has 0 unspecified atom stereocenters. The van der Waals surface area contributed by atoms with Crippen molar-refractivity contribution in [1.29, 1.82) is 0 Å². The number of hydrogen-bond acceptors (Lipinski definition) is 6. The fourth-order valence-corrected chi connectivity index (χ4v) is 1.64. The van der Waals surface area contributed by atoms with Crippen molar-refractivity contribution in [3.8, 4) is 23.0 Å². The van der Waals surface area contributed by atoms with E-state index in [0.717, 1.165) is 0 Å². The van der Waals surface area contributed by atoms with E-state index in [1.54, 1.807) is 18.2 Å². The van der Waals surface area contributed by atoms with Crippen LogP contribution in [0, 0.1) is 0 Å². The Kier molecular flexibility index (Phi) is 2.45. The standard InChI is InChI=1S/C10H7ClN6O/c11-6-3-1-2-5(8(6)12)10-14-9(16-18-10)7-4-13-17-15-7/h1-4H,12H2,(H,13,15,17). The Labute approximate surface area is 106 Å². The van der Waals surface area contributed by atoms with Crippen molar-refractivity contribution in [1.82, 2.24) is 25.6 Å². The molecule has 0 aliphatic carbocycles. The van der Waals surface area contributed by atoms with Gasteiger partial charge in [-0.1, -0.05) is 22.8 Å². The lowest BCUT2D eigenvalue weighted by Crippen LogP contribution is -1.91. The van der Waals surface area contributed by atoms with Gasteiger partial charge in [-0.25, -0.2) is 0 Å². The number of H-pyrrole nitrogens is 1. The second kappa shape index (κ2) is 4.11. The molecule has 0 atom stereocenters. The van der Waals surface area contributed by atoms with E-state index in [9.17, 15) is 0 Å². The maximum atomic E-state index is 5.93. The van der Waals surface area contributed by atoms with E-state index in [2.05, 4.69) is 25.6 Å². The zero-order chi connectivity index (χ0) is 12.5. The smallest absolute Gasteiger partial charge is 0.260 e. The maximum absolute atomic E-state index is 5.93. The molecule has 90 valence electrons. The number of aromatic amines is 1. The minimum atomic E-state index is 0.285. The fourth-order valence-electron chi connectivity index (χ4n) is 1.47. The molecule has 0 fully saturated rings. The summed E-state index contributed by atoms with van der Waals surface area (Å²) in [5.41, 5.74) is 7.33. The molecule has 0 saturated carbocycles. The van der Waals surface area contributed by atoms with Crippen LogP contribution in [-0.4, -0.2) is 25.6 Å². The Hall–Kier alpha value is -2.41. The molecular formula is C10H7ClN6O. The van der Waals surface area contributed by atoms with Crippen LogP contribution < -0.4 is 5.73 Å². The van der Waals surface area contributed by atoms with Crippen LogP contribution in [0.1, 0.15) is 0 Å². The highest BCUT2D eigenvalue weighted by molar-refractivity contribution is 6.33. The summed E-state index contributed by atoms with van der Waals surface area (Å²) < 4.78 is 5.13. The van der Waals surface area contributed by atoms with Gasteiger partial charge in [0.05, 0.1) is 22.5 Å². The van der Waals surface area contributed by atoms with Gasteiger partial charge in [0.25, 0.3) is 5.89 Å². The molecule has 0 bridgehead atoms. The zero-order valence-corrected chi connectivity index (χ0v) is 9.72. The summed E-state index contributed by atoms with van der Waals surface area (Å²) in [5.74, 6) is 0.617. The third kappa shape index (κ3) is 1.70. The van der Waals surface area contributed by atoms with Crippen LogP contribution in [0.3, 0.4) is 0 Å². The van der Waals surface area contributed by atoms with E-state index in [1.165, 1.54) is 6.20 Å². The van der Waals surface area contributed by atoms with E-state index in [-0.39, 0.29) is 5.89 Å². The third-order valence-electron chi connectivity index (χ3n) is 2.35. The van der Waals surface area contributed by atoms with Crippen molar-refractivity contribution in [3.05, 3.63) is 29.4 Å². The molecule has 3 aromatic rings. The van der Waals surface area contributed by atoms with Crippen LogP contribution in [-0.2, 0) is 0 Å². The van der Waals surface area contributed by atoms with Gasteiger partial charge in [-0.3, -0.25) is 0 Å². The highest BCUT2D eigenvalue weighted by Crippen LogP contribution is 2.30. The van der Waals surface area contributed by atoms with Crippen molar-refractivity contribution < 1.29 is 4.52 Å². The van der Waals surface area contributed by atoms with Crippen molar-refractivity contribution in [2.45, 2.75) is 0 Å². The van der Waals surface area contributed by atoms with Gasteiger partial charge in [0, 0.05) is 0 Å². The first-order valence-electron chi connectivity index (χ1n) is 5.00. The van der Waals surface area contributed by atoms with Crippen LogP contribution in [0.2, 0.25) is 5.02 Å². The van der Waals surface area contributed by atoms with Crippen molar-refractivity contribution in [2.75, 3.05) is 5.73 Å². The SMILES string of the molecule is Nc1c(Cl)cccc1-c1nc(-c2cn[nH]n2)no1. The van der Waals surface area contributed by atoms with Gasteiger partial charge < -0.3 is 10.3 Å². The maximum Gasteiger partial charge on any atom is 0.260 e. The third-order valence-corrected chi connectivity index (χ3v) is 2.68. The first-order valence-corrected chi connectivity index (χ1v) is 5.37. The first-order chi connectivity index (χ1) is 8.75. The highest BCUT2D eigenvalue weighted by Gasteiger charge is 2.15. The number of nitrogens with zero attached hydrogens (tertiary/aromatic N) is 4. The van der Waals surface area contributed by atoms with E-state index in [0.29, 0.717) is 27.8 Å². The molecule has 18 heavy (non-hydrogen) atoms. The number of nitrogens with two attached hydrogens (primary N) is 1. The lowest BCUT2D eigenvalue weighted by molar-refractivity contribution is 0.432. The average molecular weight is 263 g/mol. The first kappa shape index (κ1) is 10.7. The second-order valence-electron chi connectivity index (χ2n) is 3.48. The van der Waals surface area contributed by atoms with Gasteiger partial charge in [0.2, 0.25) is 5.82 Å². The second-order valence-corrected chi connectivity index (χ2v) is 3.89. The molecule has 0 aliphatic heterocycles. The van der Waals surface area contributed by atoms with Crippen LogP contribution in [0.25, 0.3) is 23.0 Å². The Morgan fingerprint density at radius 2 is 2.22 bits per heavy atom. The number of aromatic nitrogens is 5. The Morgan fingerprint density at radius 3 is 3.00 bits per heavy atom. The Balaban J connectivity index is 2.06. The predicted molar refractivity (Wildman–Crippen MR) is 64.5 cm³/mol. The van der Waals surface area contributed by atoms with Gasteiger partial charge >= 0.3 is 0 Å². The molecule has 8 heteroatoms. The lowest BCUT2D eigenvalue weighted by Gasteiger charge is -2.01. The molecule has 1 aromatic carbocycles. The van der Waals surface area contributed by atoms with E-state index < -0.39 is 0 Å². The monoisotopic (exact) mass is 262 g/mol. The van der Waals surface area contributed by atoms with Gasteiger partial charge in [-0.2, -0.15) is 20.4 Å². The van der Waals surface area contributed by atoms with Crippen LogP contribution in [0.4, 0.5) is 5.69 Å². The molecule has 0 saturated heterocycles. The molecule has 2 heterocycles. The average Bonchev–Trinajstić information content (AvgIpc) is 3.01. The molecule has 3 N–H and O–H groups in total. The fraction of sp³-hybridized carbons (Fsp3) is 0. The number of benzene rings is 1. The normalized spacial score (nSPS) is 10.7. The number of anilines is 1. The van der Waals surface area contributed by atoms with Gasteiger partial charge in [0.15, 0.2) is 5.69 Å². The molecule has 2 aromatic heterocycles. The number of nitrogen functional groups attached to an aromatic ring is 1. The van der Waals surface area contributed by atoms with E-state index >= 15 is 0 Å². The van der Waals surface area contributed by atoms with Crippen LogP contribution in [0.15, 0.2) is 28.9 Å². The summed E-state index contributed by atoms with van der Waals surface area (Å²) in [7, 11) is 0. The summed E-state index contributed by atoms with van der Waals surface area (Å²) in [6, 6.07) is 5.20. The predicted octanol–water partition coefficient (Wildman–Crippen LogP) is 1.76. The zero-order valence-electron chi connectivity index (χ0n) is 8.96. The largest absolute Gasteiger partial charge is 0.397 e. The molecule has 7 nitrogen and oxygen atoms in total. The van der Waals surface area contributed by atoms with Crippen molar-refractivity contribution in [3.63, 3.8) is 0 Å². The number of rotatable bonds is 2. The highest BCUT2D eigenvalue weighted by atomic mass is 35.5. The molecule has 0 radical (unpaired) electrons. The summed E-state index contributed by atoms with van der Waals surface area (Å²) in [4.78, 5) is 4.19. The number of halogens is 1. The summed E-state index contributed by atoms with van der Waals surface area (Å²) in [6.45, 7) is 0. The summed E-state index contributed by atoms with van der Waals surface area (Å²) in [6.07, 6.45) is 1.50. The molecule has 0 spiro atoms. The lowest BCUT2D eigenvalue weighted by atomic mass is 10.2. The van der Waals surface area contributed by atoms with Crippen molar-refractivity contribution in [2.24, 2.45) is 0 Å². The van der Waals surface area contributed by atoms with E-state index in [1.807, 2.05) is 0 Å². The Morgan fingerprint density at radius 1 is 1.33 bits per heavy atom. The minimum Gasteiger partial charge on any atom is -0.397 e. The van der Waals surface area contributed by atoms with Crippen molar-refractivity contribution >= 4 is 17.3 Å². The molecular weight excluding hydrogens is 256 g/mol. The number of nitrogens with one attached hydrogen (secondary N) is 1. The number of hydrogen-bond donors (Lipinski definition) is 2. The van der Waals surface area contributed by atoms with Gasteiger partial charge in [-0.05, 0) is 12.1 Å². The summed E-state index contributed by atoms with van der Waals surface area (Å²) in [5, 5.41) is 14.2. The molecule has 3 rings (SSSR count). The molecule has 0 amide bonds. The quantitative estimate of drug-likeness (QED) is 0.682. The van der Waals surface area contributed by atoms with Crippen LogP contribution in [0.5, 0.6) is 0 Å².